The molecule has 16 heavy (non-hydrogen) atoms. The molecule has 0 bridgehead atoms. The highest BCUT2D eigenvalue weighted by Crippen LogP contribution is 2.33. The zero-order valence-electron chi connectivity index (χ0n) is 9.32. The first kappa shape index (κ1) is 12.3. The van der Waals surface area contributed by atoms with E-state index >= 15 is 0 Å². The Hall–Kier alpha value is -0.130. The van der Waals surface area contributed by atoms with Crippen molar-refractivity contribution < 1.29 is 5.11 Å². The Morgan fingerprint density at radius 1 is 1.69 bits per heavy atom. The molecule has 1 aromatic rings. The molecule has 1 aliphatic rings. The van der Waals surface area contributed by atoms with Crippen molar-refractivity contribution in [2.75, 3.05) is 19.6 Å². The summed E-state index contributed by atoms with van der Waals surface area (Å²) in [6, 6.07) is 4.11. The lowest BCUT2D eigenvalue weighted by Crippen LogP contribution is -2.35. The number of β-amino-alcohol motifs (C(OH)–C–C–N with tert-alkyl or cyclic N) is 1. The zero-order chi connectivity index (χ0) is 11.8. The Balaban J connectivity index is 2.12. The average Bonchev–Trinajstić information content (AvgIpc) is 2.75. The summed E-state index contributed by atoms with van der Waals surface area (Å²) in [6.07, 6.45) is 0.808. The van der Waals surface area contributed by atoms with Crippen LogP contribution in [0.1, 0.15) is 24.3 Å². The quantitative estimate of drug-likeness (QED) is 0.872. The first-order valence-electron chi connectivity index (χ1n) is 5.43. The van der Waals surface area contributed by atoms with Crippen LogP contribution in [-0.4, -0.2) is 35.2 Å². The minimum Gasteiger partial charge on any atom is -0.389 e. The highest BCUT2D eigenvalue weighted by molar-refractivity contribution is 7.16. The highest BCUT2D eigenvalue weighted by Gasteiger charge is 2.35. The van der Waals surface area contributed by atoms with Gasteiger partial charge in [0.05, 0.1) is 16.0 Å². The van der Waals surface area contributed by atoms with Crippen LogP contribution < -0.4 is 5.73 Å². The molecule has 1 saturated heterocycles. The Morgan fingerprint density at radius 3 is 2.88 bits per heavy atom. The molecule has 1 fully saturated rings. The number of likely N-dealkylation sites (tertiary alicyclic amines) is 1. The molecular weight excluding hydrogens is 244 g/mol. The molecule has 1 aromatic heterocycles. The van der Waals surface area contributed by atoms with E-state index in [9.17, 15) is 5.11 Å². The van der Waals surface area contributed by atoms with Crippen molar-refractivity contribution in [2.24, 2.45) is 5.73 Å². The molecular formula is C11H17ClN2OS. The van der Waals surface area contributed by atoms with Gasteiger partial charge in [0.1, 0.15) is 0 Å². The van der Waals surface area contributed by atoms with Crippen molar-refractivity contribution in [1.29, 1.82) is 0 Å². The third kappa shape index (κ3) is 2.57. The van der Waals surface area contributed by atoms with Crippen molar-refractivity contribution >= 4 is 22.9 Å². The maximum absolute atomic E-state index is 9.96. The second-order valence-electron chi connectivity index (χ2n) is 4.61. The molecule has 2 rings (SSSR count). The summed E-state index contributed by atoms with van der Waals surface area (Å²) in [6.45, 7) is 4.02. The second-order valence-corrected chi connectivity index (χ2v) is 6.36. The van der Waals surface area contributed by atoms with Gasteiger partial charge in [0.25, 0.3) is 0 Å². The third-order valence-corrected chi connectivity index (χ3v) is 4.40. The number of hydrogen-bond donors (Lipinski definition) is 2. The number of rotatable bonds is 3. The van der Waals surface area contributed by atoms with Gasteiger partial charge in [-0.3, -0.25) is 4.90 Å². The molecule has 0 aromatic carbocycles. The predicted octanol–water partition coefficient (Wildman–Crippen LogP) is 1.86. The maximum Gasteiger partial charge on any atom is 0.0931 e. The van der Waals surface area contributed by atoms with E-state index in [1.807, 2.05) is 19.1 Å². The minimum absolute atomic E-state index is 0.187. The lowest BCUT2D eigenvalue weighted by atomic mass is 10.1. The van der Waals surface area contributed by atoms with Gasteiger partial charge in [-0.05, 0) is 25.5 Å². The van der Waals surface area contributed by atoms with Crippen LogP contribution in [0.15, 0.2) is 12.1 Å². The Kier molecular flexibility index (Phi) is 3.56. The summed E-state index contributed by atoms with van der Waals surface area (Å²) >= 11 is 7.50. The molecule has 5 heteroatoms. The molecule has 0 saturated carbocycles. The van der Waals surface area contributed by atoms with Gasteiger partial charge in [0.2, 0.25) is 0 Å². The first-order valence-corrected chi connectivity index (χ1v) is 6.63. The van der Waals surface area contributed by atoms with E-state index in [2.05, 4.69) is 4.90 Å². The van der Waals surface area contributed by atoms with Crippen molar-refractivity contribution in [3.63, 3.8) is 0 Å². The molecule has 2 atom stereocenters. The monoisotopic (exact) mass is 260 g/mol. The molecule has 1 aliphatic heterocycles. The van der Waals surface area contributed by atoms with E-state index in [1.54, 1.807) is 11.3 Å². The normalized spacial score (nSPS) is 28.5. The van der Waals surface area contributed by atoms with Gasteiger partial charge in [-0.25, -0.2) is 0 Å². The summed E-state index contributed by atoms with van der Waals surface area (Å²) < 4.78 is 0.791. The molecule has 0 amide bonds. The van der Waals surface area contributed by atoms with Crippen LogP contribution >= 0.6 is 22.9 Å². The van der Waals surface area contributed by atoms with Gasteiger partial charge >= 0.3 is 0 Å². The van der Waals surface area contributed by atoms with Gasteiger partial charge in [-0.15, -0.1) is 11.3 Å². The van der Waals surface area contributed by atoms with Crippen molar-refractivity contribution in [3.8, 4) is 0 Å². The van der Waals surface area contributed by atoms with E-state index in [0.29, 0.717) is 13.1 Å². The smallest absolute Gasteiger partial charge is 0.0931 e. The number of nitrogens with two attached hydrogens (primary N) is 1. The largest absolute Gasteiger partial charge is 0.389 e. The molecule has 2 heterocycles. The first-order chi connectivity index (χ1) is 7.52. The lowest BCUT2D eigenvalue weighted by molar-refractivity contribution is 0.0629. The van der Waals surface area contributed by atoms with Gasteiger partial charge in [0.15, 0.2) is 0 Å². The van der Waals surface area contributed by atoms with Crippen LogP contribution in [0.4, 0.5) is 0 Å². The van der Waals surface area contributed by atoms with E-state index in [0.717, 1.165) is 17.3 Å². The summed E-state index contributed by atoms with van der Waals surface area (Å²) in [5.41, 5.74) is 5.25. The SMILES string of the molecule is CC1(O)CCN(C(CN)c2ccc(Cl)s2)C1. The predicted molar refractivity (Wildman–Crippen MR) is 67.9 cm³/mol. The second kappa shape index (κ2) is 4.63. The van der Waals surface area contributed by atoms with E-state index in [-0.39, 0.29) is 6.04 Å². The molecule has 3 nitrogen and oxygen atoms in total. The molecule has 2 unspecified atom stereocenters. The standard InChI is InChI=1S/C11H17ClN2OS/c1-11(15)4-5-14(7-11)8(6-13)9-2-3-10(12)16-9/h2-3,8,15H,4-7,13H2,1H3. The summed E-state index contributed by atoms with van der Waals surface area (Å²) in [5, 5.41) is 9.96. The fraction of sp³-hybridized carbons (Fsp3) is 0.636. The van der Waals surface area contributed by atoms with Gasteiger partial charge in [0, 0.05) is 24.5 Å². The highest BCUT2D eigenvalue weighted by atomic mass is 35.5. The number of nitrogens with zero attached hydrogens (tertiary/aromatic N) is 1. The average molecular weight is 261 g/mol. The maximum atomic E-state index is 9.96. The number of thiophene rings is 1. The van der Waals surface area contributed by atoms with Crippen LogP contribution in [0.2, 0.25) is 4.34 Å². The molecule has 0 spiro atoms. The van der Waals surface area contributed by atoms with E-state index in [4.69, 9.17) is 17.3 Å². The summed E-state index contributed by atoms with van der Waals surface area (Å²) in [4.78, 5) is 3.42. The Morgan fingerprint density at radius 2 is 2.44 bits per heavy atom. The molecule has 0 aliphatic carbocycles. The van der Waals surface area contributed by atoms with E-state index in [1.165, 1.54) is 4.88 Å². The molecule has 0 radical (unpaired) electrons. The fourth-order valence-electron chi connectivity index (χ4n) is 2.20. The van der Waals surface area contributed by atoms with Crippen LogP contribution in [0.3, 0.4) is 0 Å². The summed E-state index contributed by atoms with van der Waals surface area (Å²) in [5.74, 6) is 0. The lowest BCUT2D eigenvalue weighted by Gasteiger charge is -2.26. The van der Waals surface area contributed by atoms with Crippen LogP contribution in [0.5, 0.6) is 0 Å². The number of aliphatic hydroxyl groups is 1. The van der Waals surface area contributed by atoms with Crippen molar-refractivity contribution in [1.82, 2.24) is 4.90 Å². The van der Waals surface area contributed by atoms with Gasteiger partial charge in [-0.2, -0.15) is 0 Å². The van der Waals surface area contributed by atoms with Crippen molar-refractivity contribution in [3.05, 3.63) is 21.3 Å². The van der Waals surface area contributed by atoms with E-state index < -0.39 is 5.60 Å². The van der Waals surface area contributed by atoms with Gasteiger partial charge < -0.3 is 10.8 Å². The minimum atomic E-state index is -0.575. The van der Waals surface area contributed by atoms with Crippen LogP contribution in [0, 0.1) is 0 Å². The molecule has 90 valence electrons. The summed E-state index contributed by atoms with van der Waals surface area (Å²) in [7, 11) is 0. The molecule has 3 N–H and O–H groups in total. The Bertz CT molecular complexity index is 367. The zero-order valence-corrected chi connectivity index (χ0v) is 10.9. The van der Waals surface area contributed by atoms with Crippen LogP contribution in [0.25, 0.3) is 0 Å². The van der Waals surface area contributed by atoms with Gasteiger partial charge in [-0.1, -0.05) is 11.6 Å². The number of halogens is 1. The number of hydrogen-bond acceptors (Lipinski definition) is 4. The fourth-order valence-corrected chi connectivity index (χ4v) is 3.41. The van der Waals surface area contributed by atoms with Crippen LogP contribution in [-0.2, 0) is 0 Å². The Labute approximate surface area is 105 Å². The topological polar surface area (TPSA) is 49.5 Å². The third-order valence-electron chi connectivity index (χ3n) is 3.07. The van der Waals surface area contributed by atoms with Crippen molar-refractivity contribution in [2.45, 2.75) is 25.0 Å².